The number of Topliss-reactive ketones (excluding diaryl/α,β-unsaturated/α-hetero) is 1. The normalized spacial score (nSPS) is 26.3. The highest BCUT2D eigenvalue weighted by molar-refractivity contribution is 6.23. The number of esters is 2. The van der Waals surface area contributed by atoms with Gasteiger partial charge < -0.3 is 19.4 Å². The van der Waals surface area contributed by atoms with Gasteiger partial charge in [0.05, 0.1) is 57.5 Å². The summed E-state index contributed by atoms with van der Waals surface area (Å²) < 4.78 is 11.8. The van der Waals surface area contributed by atoms with Gasteiger partial charge in [0, 0.05) is 22.0 Å². The maximum atomic E-state index is 13.8. The van der Waals surface area contributed by atoms with Crippen LogP contribution in [0.4, 0.5) is 0 Å². The van der Waals surface area contributed by atoms with Crippen molar-refractivity contribution in [2.75, 3.05) is 13.2 Å². The molecule has 2 aliphatic carbocycles. The molecule has 2 saturated carbocycles. The van der Waals surface area contributed by atoms with E-state index < -0.39 is 51.9 Å². The second kappa shape index (κ2) is 16.2. The number of nitrogens with one attached hydrogen (secondary N) is 3. The van der Waals surface area contributed by atoms with E-state index in [4.69, 9.17) is 55.9 Å². The number of ether oxygens (including phenoxy) is 2. The summed E-state index contributed by atoms with van der Waals surface area (Å²) in [5, 5.41) is 1.53. The van der Waals surface area contributed by atoms with Crippen LogP contribution in [0.25, 0.3) is 23.2 Å². The number of ketones is 1. The number of nitrogens with zero attached hydrogens (tertiary/aromatic N) is 2. The van der Waals surface area contributed by atoms with Gasteiger partial charge in [-0.25, -0.2) is 14.3 Å². The van der Waals surface area contributed by atoms with Crippen molar-refractivity contribution in [2.24, 2.45) is 10.9 Å². The number of fused-ring (bicyclic) bond motifs is 2. The average molecular weight is 810 g/mol. The molecule has 2 fully saturated rings. The molecule has 53 heavy (non-hydrogen) atoms. The first kappa shape index (κ1) is 38.8. The van der Waals surface area contributed by atoms with E-state index in [2.05, 4.69) is 20.1 Å². The van der Waals surface area contributed by atoms with Crippen LogP contribution in [0.2, 0.25) is 0 Å². The van der Waals surface area contributed by atoms with E-state index in [1.165, 1.54) is 35.1 Å². The Hall–Kier alpha value is -3.91. The van der Waals surface area contributed by atoms with E-state index in [1.54, 1.807) is 13.8 Å². The predicted octanol–water partition coefficient (Wildman–Crippen LogP) is 4.25. The van der Waals surface area contributed by atoms with E-state index in [1.807, 2.05) is 0 Å². The van der Waals surface area contributed by atoms with Gasteiger partial charge in [-0.2, -0.15) is 0 Å². The molecule has 0 bridgehead atoms. The molecule has 0 spiro atoms. The lowest BCUT2D eigenvalue weighted by molar-refractivity contribution is 0.0515. The number of aromatic amines is 3. The summed E-state index contributed by atoms with van der Waals surface area (Å²) >= 11 is 26.0. The second-order valence-corrected chi connectivity index (χ2v) is 15.5. The number of halogens is 4. The van der Waals surface area contributed by atoms with Crippen molar-refractivity contribution in [3.8, 4) is 0 Å². The Labute approximate surface area is 322 Å². The molecule has 3 aromatic rings. The van der Waals surface area contributed by atoms with E-state index in [0.29, 0.717) is 38.5 Å². The number of carbonyl (C=O) groups excluding carboxylic acids is 3. The van der Waals surface area contributed by atoms with Gasteiger partial charge in [0.2, 0.25) is 0 Å². The molecule has 282 valence electrons. The largest absolute Gasteiger partial charge is 0.462 e. The van der Waals surface area contributed by atoms with Crippen molar-refractivity contribution >= 4 is 87.3 Å². The average Bonchev–Trinajstić information content (AvgIpc) is 3.61. The minimum absolute atomic E-state index is 0.0122. The minimum atomic E-state index is -0.920. The highest BCUT2D eigenvalue weighted by Crippen LogP contribution is 2.37. The SMILES string of the molecule is CCOC(=O)c1c2c([nH]c(=O)/c1=C/C=CC=Cc1c(C(=O)OCC)c3c(=O)n(C4CC(Cl)CCC4Cl)[nH]c3[nH]c1=O)=NC(C1CC(Cl)CCC1Cl)C2=O. The molecule has 3 aliphatic rings. The third kappa shape index (κ3) is 7.58. The zero-order valence-electron chi connectivity index (χ0n) is 28.8. The lowest BCUT2D eigenvalue weighted by Crippen LogP contribution is -2.42. The van der Waals surface area contributed by atoms with Crippen molar-refractivity contribution in [1.29, 1.82) is 0 Å². The number of aromatic nitrogens is 4. The first-order valence-corrected chi connectivity index (χ1v) is 19.1. The summed E-state index contributed by atoms with van der Waals surface area (Å²) in [6.45, 7) is 3.17. The summed E-state index contributed by atoms with van der Waals surface area (Å²) in [6, 6.07) is -1.42. The van der Waals surface area contributed by atoms with Gasteiger partial charge in [-0.15, -0.1) is 46.4 Å². The molecular formula is C36H37Cl4N5O8. The van der Waals surface area contributed by atoms with Crippen LogP contribution in [0, 0.1) is 5.92 Å². The van der Waals surface area contributed by atoms with Crippen molar-refractivity contribution in [2.45, 2.75) is 86.0 Å². The third-order valence-electron chi connectivity index (χ3n) is 9.80. The Morgan fingerprint density at radius 1 is 0.830 bits per heavy atom. The highest BCUT2D eigenvalue weighted by Gasteiger charge is 2.43. The second-order valence-electron chi connectivity index (χ2n) is 13.1. The number of carbonyl (C=O) groups is 3. The first-order valence-electron chi connectivity index (χ1n) is 17.4. The van der Waals surface area contributed by atoms with E-state index in [0.717, 1.165) is 0 Å². The van der Waals surface area contributed by atoms with E-state index in [-0.39, 0.29) is 79.3 Å². The number of hydrogen-bond acceptors (Lipinski definition) is 9. The van der Waals surface area contributed by atoms with Crippen molar-refractivity contribution in [3.63, 3.8) is 0 Å². The quantitative estimate of drug-likeness (QED) is 0.163. The Bertz CT molecular complexity index is 2330. The topological polar surface area (TPSA) is 186 Å². The van der Waals surface area contributed by atoms with Gasteiger partial charge in [0.15, 0.2) is 5.78 Å². The molecule has 0 amide bonds. The summed E-state index contributed by atoms with van der Waals surface area (Å²) in [7, 11) is 0. The number of pyridine rings is 2. The van der Waals surface area contributed by atoms with Gasteiger partial charge in [-0.1, -0.05) is 18.2 Å². The van der Waals surface area contributed by atoms with Gasteiger partial charge in [0.25, 0.3) is 16.7 Å². The van der Waals surface area contributed by atoms with Crippen LogP contribution in [0.3, 0.4) is 0 Å². The molecule has 6 rings (SSSR count). The first-order chi connectivity index (χ1) is 25.4. The molecule has 13 nitrogen and oxygen atoms in total. The maximum absolute atomic E-state index is 13.8. The van der Waals surface area contributed by atoms with Crippen LogP contribution in [-0.2, 0) is 9.47 Å². The Morgan fingerprint density at radius 2 is 1.49 bits per heavy atom. The van der Waals surface area contributed by atoms with Crippen LogP contribution in [0.15, 0.2) is 37.6 Å². The lowest BCUT2D eigenvalue weighted by Gasteiger charge is -2.32. The van der Waals surface area contributed by atoms with Crippen LogP contribution in [0.5, 0.6) is 0 Å². The fraction of sp³-hybridized carbons (Fsp3) is 0.472. The number of alkyl halides is 4. The molecule has 0 radical (unpaired) electrons. The van der Waals surface area contributed by atoms with Crippen molar-refractivity contribution in [3.05, 3.63) is 82.2 Å². The summed E-state index contributed by atoms with van der Waals surface area (Å²) in [5.41, 5.74) is -2.61. The van der Waals surface area contributed by atoms with E-state index >= 15 is 0 Å². The highest BCUT2D eigenvalue weighted by atomic mass is 35.5. The molecule has 7 unspecified atom stereocenters. The summed E-state index contributed by atoms with van der Waals surface area (Å²) in [5.74, 6) is -2.60. The molecule has 4 heterocycles. The van der Waals surface area contributed by atoms with Crippen molar-refractivity contribution < 1.29 is 23.9 Å². The fourth-order valence-electron chi connectivity index (χ4n) is 7.30. The van der Waals surface area contributed by atoms with Crippen LogP contribution < -0.4 is 27.4 Å². The molecule has 3 N–H and O–H groups in total. The third-order valence-corrected chi connectivity index (χ3v) is 11.6. The lowest BCUT2D eigenvalue weighted by atomic mass is 9.81. The number of rotatable bonds is 9. The minimum Gasteiger partial charge on any atom is -0.462 e. The van der Waals surface area contributed by atoms with Crippen LogP contribution in [-0.4, -0.2) is 78.2 Å². The predicted molar refractivity (Wildman–Crippen MR) is 202 cm³/mol. The molecule has 0 aromatic carbocycles. The molecular weight excluding hydrogens is 772 g/mol. The summed E-state index contributed by atoms with van der Waals surface area (Å²) in [6.07, 6.45) is 10.3. The van der Waals surface area contributed by atoms with Crippen LogP contribution >= 0.6 is 46.4 Å². The summed E-state index contributed by atoms with van der Waals surface area (Å²) in [4.78, 5) is 90.5. The molecule has 17 heteroatoms. The number of H-pyrrole nitrogens is 3. The van der Waals surface area contributed by atoms with Gasteiger partial charge in [-0.05, 0) is 64.5 Å². The Kier molecular flexibility index (Phi) is 11.9. The van der Waals surface area contributed by atoms with Gasteiger partial charge in [0.1, 0.15) is 17.2 Å². The van der Waals surface area contributed by atoms with Gasteiger partial charge >= 0.3 is 11.9 Å². The maximum Gasteiger partial charge on any atom is 0.339 e. The van der Waals surface area contributed by atoms with Crippen molar-refractivity contribution in [1.82, 2.24) is 19.7 Å². The van der Waals surface area contributed by atoms with E-state index in [9.17, 15) is 28.8 Å². The number of hydrogen-bond donors (Lipinski definition) is 3. The molecule has 3 aromatic heterocycles. The Balaban J connectivity index is 1.38. The van der Waals surface area contributed by atoms with Crippen LogP contribution in [0.1, 0.15) is 95.1 Å². The zero-order chi connectivity index (χ0) is 38.1. The standard InChI is InChI=1S/C36H37Cl4N5O8/c1-3-52-35(50)24-18(32(47)42-30-26(24)29(46)28(41-30)20-14-16(37)10-12-21(20)39)8-6-5-7-9-19-25(36(51)53-4-2)27-31(43-33(19)48)44-45(34(27)49)23-15-17(38)11-13-22(23)40/h5-9,16-17,20-23,28H,3-4,10-15H2,1-2H3,(H,41,42,47)(H2,43,44,48)/b6-5?,9-7?,18-8+. The smallest absolute Gasteiger partial charge is 0.339 e. The molecule has 7 atom stereocenters. The monoisotopic (exact) mass is 807 g/mol. The zero-order valence-corrected chi connectivity index (χ0v) is 31.8. The number of allylic oxidation sites excluding steroid dienone is 3. The Morgan fingerprint density at radius 3 is 2.19 bits per heavy atom. The fourth-order valence-corrected chi connectivity index (χ4v) is 8.65. The molecule has 0 saturated heterocycles. The van der Waals surface area contributed by atoms with Gasteiger partial charge in [-0.3, -0.25) is 29.3 Å². The molecule has 1 aliphatic heterocycles.